The number of H-pyrrole nitrogens is 1. The van der Waals surface area contributed by atoms with Gasteiger partial charge in [-0.1, -0.05) is 93.8 Å². The number of nitrogens with one attached hydrogen (secondary N) is 1. The first kappa shape index (κ1) is 59.1. The average Bonchev–Trinajstić information content (AvgIpc) is 4.44. The molecule has 1 N–H and O–H groups in total. The second-order valence-electron chi connectivity index (χ2n) is 24.2. The van der Waals surface area contributed by atoms with Crippen molar-refractivity contribution in [1.82, 2.24) is 38.4 Å². The highest BCUT2D eigenvalue weighted by Gasteiger charge is 2.31. The number of ether oxygens (including phenoxy) is 1. The fraction of sp³-hybridized carbons (Fsp3) is 0.437. The maximum atomic E-state index is 12.8. The minimum absolute atomic E-state index is 0.127. The first-order valence-corrected chi connectivity index (χ1v) is 30.9. The number of carbonyl (C=O) groups excluding carboxylic acids is 3. The van der Waals surface area contributed by atoms with Crippen LogP contribution < -0.4 is 4.74 Å². The van der Waals surface area contributed by atoms with Gasteiger partial charge in [0.1, 0.15) is 5.75 Å². The summed E-state index contributed by atoms with van der Waals surface area (Å²) >= 11 is 0. The van der Waals surface area contributed by atoms with Crippen LogP contribution in [-0.2, 0) is 39.0 Å². The maximum Gasteiger partial charge on any atom is 0.165 e. The number of para-hydroxylation sites is 3. The van der Waals surface area contributed by atoms with Crippen molar-refractivity contribution < 1.29 is 19.1 Å². The molecule has 2 atom stereocenters. The van der Waals surface area contributed by atoms with E-state index in [1.165, 1.54) is 79.4 Å². The van der Waals surface area contributed by atoms with Crippen molar-refractivity contribution in [1.29, 1.82) is 0 Å². The number of fused-ring (bicyclic) bond motifs is 7. The number of hydrogen-bond donors (Lipinski definition) is 1. The monoisotopic (exact) mass is 1120 g/mol. The van der Waals surface area contributed by atoms with Gasteiger partial charge in [0.2, 0.25) is 0 Å². The van der Waals surface area contributed by atoms with Crippen molar-refractivity contribution in [2.24, 2.45) is 17.8 Å². The Morgan fingerprint density at radius 1 is 0.639 bits per heavy atom. The fourth-order valence-electron chi connectivity index (χ4n) is 13.4. The molecular weight excluding hydrogens is 1030 g/mol. The summed E-state index contributed by atoms with van der Waals surface area (Å²) < 4.78 is 12.2. The molecule has 4 aromatic carbocycles. The third-order valence-electron chi connectivity index (χ3n) is 17.8. The van der Waals surface area contributed by atoms with Gasteiger partial charge in [0.05, 0.1) is 7.11 Å². The zero-order valence-electron chi connectivity index (χ0n) is 50.3. The van der Waals surface area contributed by atoms with Gasteiger partial charge in [-0.2, -0.15) is 0 Å². The van der Waals surface area contributed by atoms with Gasteiger partial charge in [0.25, 0.3) is 0 Å². The lowest BCUT2D eigenvalue weighted by atomic mass is 9.75. The summed E-state index contributed by atoms with van der Waals surface area (Å²) in [7, 11) is 3.87. The van der Waals surface area contributed by atoms with E-state index in [1.54, 1.807) is 21.0 Å². The number of ketones is 3. The van der Waals surface area contributed by atoms with E-state index in [9.17, 15) is 14.4 Å². The molecule has 9 aromatic rings. The predicted octanol–water partition coefficient (Wildman–Crippen LogP) is 14.4. The Balaban J connectivity index is 0.000000141. The van der Waals surface area contributed by atoms with Crippen LogP contribution in [0.1, 0.15) is 134 Å². The normalized spacial score (nSPS) is 16.4. The number of rotatable bonds is 21. The van der Waals surface area contributed by atoms with Crippen molar-refractivity contribution in [3.05, 3.63) is 168 Å². The predicted molar refractivity (Wildman–Crippen MR) is 339 cm³/mol. The number of carbonyl (C=O) groups is 3. The third-order valence-corrected chi connectivity index (χ3v) is 17.8. The minimum atomic E-state index is 0.127. The number of pyridine rings is 1. The fourth-order valence-corrected chi connectivity index (χ4v) is 13.4. The quantitative estimate of drug-likeness (QED) is 0.0708. The summed E-state index contributed by atoms with van der Waals surface area (Å²) in [5.41, 5.74) is 11.1. The highest BCUT2D eigenvalue weighted by molar-refractivity contribution is 6.09. The number of aromatic nitrogens is 5. The molecule has 7 heterocycles. The number of hydrogen-bond acceptors (Lipinski definition) is 8. The Bertz CT molecular complexity index is 3620. The Labute approximate surface area is 491 Å². The standard InChI is InChI=1S/C28H33N3O2.C22H30N2O.C21H25N3O/c1-19(2)15-28(32)24-17-31(27-8-5-4-7-22(24)27)13-6-12-30-14-11-21-23-16-20(33-3)9-10-25(23)29-26(21)18-30;1-17(25)21-16-24(22-10-5-4-9-20(21)22)13-6-12-23-14-11-18-7-2-3-8-19(18)15-23;1-17(25)20-16-24(21-10-4-3-9-19(20)21)14-7-13-23(2)15-11-18-8-5-6-12-22-18/h4-5,7-10,16-17,19,29H,6,11-15,18H2,1-3H3;4-5,9-10,16,18-19H,2-3,6-8,11-15H2,1H3;3-6,8-10,12,16H,7,11,13-15H2,1-2H3. The van der Waals surface area contributed by atoms with Gasteiger partial charge in [0, 0.05) is 162 Å². The van der Waals surface area contributed by atoms with E-state index < -0.39 is 0 Å². The number of piperidine rings is 1. The smallest absolute Gasteiger partial charge is 0.165 e. The lowest BCUT2D eigenvalue weighted by Gasteiger charge is -2.41. The molecule has 0 spiro atoms. The van der Waals surface area contributed by atoms with Crippen molar-refractivity contribution >= 4 is 61.0 Å². The summed E-state index contributed by atoms with van der Waals surface area (Å²) in [5.74, 6) is 3.79. The molecular formula is C71H88N8O4. The number of benzene rings is 4. The van der Waals surface area contributed by atoms with Crippen molar-refractivity contribution in [2.75, 3.05) is 60.0 Å². The van der Waals surface area contributed by atoms with Gasteiger partial charge in [-0.3, -0.25) is 24.3 Å². The van der Waals surface area contributed by atoms with E-state index in [2.05, 4.69) is 132 Å². The number of methoxy groups -OCH3 is 1. The zero-order valence-corrected chi connectivity index (χ0v) is 50.3. The van der Waals surface area contributed by atoms with Gasteiger partial charge < -0.3 is 33.2 Å². The summed E-state index contributed by atoms with van der Waals surface area (Å²) in [4.78, 5) is 52.1. The number of nitrogens with zero attached hydrogens (tertiary/aromatic N) is 7. The largest absolute Gasteiger partial charge is 0.497 e. The molecule has 2 aliphatic heterocycles. The molecule has 2 unspecified atom stereocenters. The molecule has 1 saturated carbocycles. The molecule has 5 aromatic heterocycles. The third kappa shape index (κ3) is 14.6. The lowest BCUT2D eigenvalue weighted by molar-refractivity contribution is 0.0854. The highest BCUT2D eigenvalue weighted by atomic mass is 16.5. The van der Waals surface area contributed by atoms with Crippen LogP contribution in [0.3, 0.4) is 0 Å². The molecule has 83 heavy (non-hydrogen) atoms. The molecule has 12 heteroatoms. The SMILES string of the molecule is CC(=O)c1cn(CCCN(C)CCc2ccccn2)c2ccccc12.CC(=O)c1cn(CCCN2CCC3CCCCC3C2)c2ccccc12.COc1ccc2[nH]c3c(c2c1)CCN(CCCn1cc(C(=O)CC(C)C)c2ccccc21)C3. The number of likely N-dealkylation sites (N-methyl/N-ethyl adjacent to an activating group) is 1. The van der Waals surface area contributed by atoms with Gasteiger partial charge in [-0.15, -0.1) is 0 Å². The van der Waals surface area contributed by atoms with Crippen LogP contribution in [0.4, 0.5) is 0 Å². The Hall–Kier alpha value is -7.12. The van der Waals surface area contributed by atoms with E-state index in [1.807, 2.05) is 60.9 Å². The number of Topliss-reactive ketones (excluding diaryl/α,β-unsaturated/α-hetero) is 3. The van der Waals surface area contributed by atoms with E-state index in [0.29, 0.717) is 12.3 Å². The van der Waals surface area contributed by atoms with E-state index in [0.717, 1.165) is 152 Å². The summed E-state index contributed by atoms with van der Waals surface area (Å²) in [5, 5.41) is 4.53. The Kier molecular flexibility index (Phi) is 19.9. The summed E-state index contributed by atoms with van der Waals surface area (Å²) in [6, 6.07) is 37.1. The van der Waals surface area contributed by atoms with Gasteiger partial charge >= 0.3 is 0 Å². The summed E-state index contributed by atoms with van der Waals surface area (Å²) in [6.07, 6.45) is 21.1. The van der Waals surface area contributed by atoms with E-state index in [4.69, 9.17) is 4.74 Å². The topological polar surface area (TPSA) is 114 Å². The molecule has 2 fully saturated rings. The Morgan fingerprint density at radius 2 is 1.22 bits per heavy atom. The Morgan fingerprint density at radius 3 is 1.82 bits per heavy atom. The zero-order chi connectivity index (χ0) is 57.8. The summed E-state index contributed by atoms with van der Waals surface area (Å²) in [6.45, 7) is 19.2. The molecule has 1 aliphatic carbocycles. The van der Waals surface area contributed by atoms with Gasteiger partial charge in [-0.05, 0) is 151 Å². The maximum absolute atomic E-state index is 12.8. The molecule has 436 valence electrons. The minimum Gasteiger partial charge on any atom is -0.497 e. The van der Waals surface area contributed by atoms with Crippen LogP contribution in [0.25, 0.3) is 43.6 Å². The van der Waals surface area contributed by atoms with Crippen LogP contribution in [-0.4, -0.2) is 116 Å². The molecule has 12 nitrogen and oxygen atoms in total. The van der Waals surface area contributed by atoms with Crippen molar-refractivity contribution in [3.8, 4) is 5.75 Å². The molecule has 0 bridgehead atoms. The number of aromatic amines is 1. The first-order chi connectivity index (χ1) is 40.4. The number of likely N-dealkylation sites (tertiary alicyclic amines) is 1. The molecule has 0 amide bonds. The van der Waals surface area contributed by atoms with Crippen LogP contribution in [0.15, 0.2) is 134 Å². The van der Waals surface area contributed by atoms with Gasteiger partial charge in [-0.25, -0.2) is 0 Å². The van der Waals surface area contributed by atoms with Crippen LogP contribution in [0, 0.1) is 17.8 Å². The molecule has 3 aliphatic rings. The second-order valence-corrected chi connectivity index (χ2v) is 24.2. The lowest BCUT2D eigenvalue weighted by Crippen LogP contribution is -2.42. The van der Waals surface area contributed by atoms with Crippen molar-refractivity contribution in [2.45, 2.75) is 125 Å². The molecule has 0 radical (unpaired) electrons. The van der Waals surface area contributed by atoms with E-state index >= 15 is 0 Å². The average molecular weight is 1120 g/mol. The van der Waals surface area contributed by atoms with Crippen LogP contribution in [0.5, 0.6) is 5.75 Å². The van der Waals surface area contributed by atoms with Crippen molar-refractivity contribution in [3.63, 3.8) is 0 Å². The number of aryl methyl sites for hydroxylation is 3. The second kappa shape index (κ2) is 28.0. The first-order valence-electron chi connectivity index (χ1n) is 30.9. The molecule has 12 rings (SSSR count). The highest BCUT2D eigenvalue weighted by Crippen LogP contribution is 2.36. The van der Waals surface area contributed by atoms with Crippen LogP contribution >= 0.6 is 0 Å². The van der Waals surface area contributed by atoms with E-state index in [-0.39, 0.29) is 17.3 Å². The molecule has 1 saturated heterocycles. The van der Waals surface area contributed by atoms with Crippen LogP contribution in [0.2, 0.25) is 0 Å². The van der Waals surface area contributed by atoms with Gasteiger partial charge in [0.15, 0.2) is 17.3 Å².